The molecule has 1 aliphatic heterocycles. The Morgan fingerprint density at radius 1 is 1.07 bits per heavy atom. The summed E-state index contributed by atoms with van der Waals surface area (Å²) in [7, 11) is 3.02. The van der Waals surface area contributed by atoms with Crippen LogP contribution in [-0.2, 0) is 9.59 Å². The summed E-state index contributed by atoms with van der Waals surface area (Å²) in [5.74, 6) is 0.979. The van der Waals surface area contributed by atoms with Gasteiger partial charge in [-0.15, -0.1) is 0 Å². The molecule has 142 valence electrons. The van der Waals surface area contributed by atoms with Gasteiger partial charge < -0.3 is 19.5 Å². The maximum atomic E-state index is 12.9. The van der Waals surface area contributed by atoms with Gasteiger partial charge in [0.2, 0.25) is 5.91 Å². The number of carbonyl (C=O) groups excluding carboxylic acids is 2. The summed E-state index contributed by atoms with van der Waals surface area (Å²) in [6.07, 6.45) is 0.0501. The van der Waals surface area contributed by atoms with Crippen LogP contribution < -0.4 is 24.4 Å². The van der Waals surface area contributed by atoms with Crippen molar-refractivity contribution in [3.63, 3.8) is 0 Å². The number of hydrogen-bond donors (Lipinski definition) is 1. The molecule has 0 spiro atoms. The molecule has 1 saturated heterocycles. The molecule has 1 atom stereocenters. The topological polar surface area (TPSA) is 77.1 Å². The summed E-state index contributed by atoms with van der Waals surface area (Å²) in [5, 5.41) is 3.13. The number of anilines is 2. The molecule has 1 fully saturated rings. The van der Waals surface area contributed by atoms with Crippen molar-refractivity contribution >= 4 is 23.2 Å². The van der Waals surface area contributed by atoms with Gasteiger partial charge in [0.25, 0.3) is 5.91 Å². The van der Waals surface area contributed by atoms with Crippen LogP contribution in [0, 0.1) is 0 Å². The number of methoxy groups -OCH3 is 2. The Morgan fingerprint density at radius 3 is 2.56 bits per heavy atom. The predicted octanol–water partition coefficient (Wildman–Crippen LogP) is 2.85. The number of nitrogens with zero attached hydrogens (tertiary/aromatic N) is 1. The molecule has 27 heavy (non-hydrogen) atoms. The molecular formula is C20H22N2O5. The Labute approximate surface area is 157 Å². The van der Waals surface area contributed by atoms with Gasteiger partial charge in [0.15, 0.2) is 0 Å². The van der Waals surface area contributed by atoms with Crippen LogP contribution in [0.25, 0.3) is 0 Å². The van der Waals surface area contributed by atoms with Gasteiger partial charge in [0.1, 0.15) is 23.3 Å². The van der Waals surface area contributed by atoms with Crippen LogP contribution in [0.4, 0.5) is 11.4 Å². The maximum absolute atomic E-state index is 12.9. The van der Waals surface area contributed by atoms with Crippen molar-refractivity contribution in [2.45, 2.75) is 19.4 Å². The first kappa shape index (κ1) is 18.6. The van der Waals surface area contributed by atoms with E-state index in [4.69, 9.17) is 14.2 Å². The van der Waals surface area contributed by atoms with E-state index in [0.29, 0.717) is 35.2 Å². The number of carbonyl (C=O) groups is 2. The normalized spacial score (nSPS) is 16.4. The lowest BCUT2D eigenvalue weighted by Crippen LogP contribution is -2.35. The largest absolute Gasteiger partial charge is 0.497 e. The lowest BCUT2D eigenvalue weighted by Gasteiger charge is -2.19. The van der Waals surface area contributed by atoms with E-state index in [1.54, 1.807) is 18.2 Å². The van der Waals surface area contributed by atoms with E-state index in [-0.39, 0.29) is 18.2 Å². The van der Waals surface area contributed by atoms with Gasteiger partial charge in [0, 0.05) is 6.07 Å². The summed E-state index contributed by atoms with van der Waals surface area (Å²) in [6.45, 7) is 2.39. The molecule has 7 heteroatoms. The van der Waals surface area contributed by atoms with Crippen LogP contribution >= 0.6 is 0 Å². The molecule has 3 rings (SSSR count). The van der Waals surface area contributed by atoms with Crippen molar-refractivity contribution in [2.24, 2.45) is 0 Å². The molecule has 1 N–H and O–H groups in total. The number of nitrogens with one attached hydrogen (secondary N) is 1. The predicted molar refractivity (Wildman–Crippen MR) is 102 cm³/mol. The third-order valence-electron chi connectivity index (χ3n) is 4.29. The second kappa shape index (κ2) is 7.99. The van der Waals surface area contributed by atoms with E-state index >= 15 is 0 Å². The van der Waals surface area contributed by atoms with Gasteiger partial charge in [-0.25, -0.2) is 4.90 Å². The SMILES string of the molecule is CCOc1ccccc1NC1CC(=O)N(c2ccc(OC)cc2OC)C1=O. The molecule has 1 unspecified atom stereocenters. The molecule has 1 heterocycles. The first-order chi connectivity index (χ1) is 13.1. The highest BCUT2D eigenvalue weighted by molar-refractivity contribution is 6.23. The number of benzene rings is 2. The Morgan fingerprint density at radius 2 is 1.85 bits per heavy atom. The molecule has 2 amide bonds. The van der Waals surface area contributed by atoms with E-state index in [2.05, 4.69) is 5.32 Å². The number of amides is 2. The van der Waals surface area contributed by atoms with E-state index in [0.717, 1.165) is 4.90 Å². The molecule has 0 aromatic heterocycles. The average molecular weight is 370 g/mol. The van der Waals surface area contributed by atoms with Gasteiger partial charge in [0.05, 0.1) is 38.6 Å². The minimum absolute atomic E-state index is 0.0501. The Bertz CT molecular complexity index is 852. The van der Waals surface area contributed by atoms with Gasteiger partial charge in [-0.05, 0) is 31.2 Å². The Balaban J connectivity index is 1.86. The second-order valence-corrected chi connectivity index (χ2v) is 5.94. The van der Waals surface area contributed by atoms with Crippen molar-refractivity contribution in [3.8, 4) is 17.2 Å². The zero-order chi connectivity index (χ0) is 19.4. The first-order valence-corrected chi connectivity index (χ1v) is 8.66. The van der Waals surface area contributed by atoms with Crippen LogP contribution in [0.15, 0.2) is 42.5 Å². The molecule has 1 aliphatic rings. The van der Waals surface area contributed by atoms with Crippen molar-refractivity contribution in [1.82, 2.24) is 0 Å². The fraction of sp³-hybridized carbons (Fsp3) is 0.300. The Kier molecular flexibility index (Phi) is 5.49. The van der Waals surface area contributed by atoms with Gasteiger partial charge >= 0.3 is 0 Å². The molecule has 0 aliphatic carbocycles. The molecule has 0 bridgehead atoms. The number of imide groups is 1. The Hall–Kier alpha value is -3.22. The van der Waals surface area contributed by atoms with E-state index in [1.807, 2.05) is 31.2 Å². The summed E-state index contributed by atoms with van der Waals surface area (Å²) in [4.78, 5) is 26.6. The van der Waals surface area contributed by atoms with Crippen LogP contribution in [-0.4, -0.2) is 38.7 Å². The number of hydrogen-bond acceptors (Lipinski definition) is 6. The fourth-order valence-corrected chi connectivity index (χ4v) is 3.02. The van der Waals surface area contributed by atoms with Gasteiger partial charge in [-0.1, -0.05) is 12.1 Å². The van der Waals surface area contributed by atoms with E-state index < -0.39 is 6.04 Å². The highest BCUT2D eigenvalue weighted by atomic mass is 16.5. The first-order valence-electron chi connectivity index (χ1n) is 8.66. The lowest BCUT2D eigenvalue weighted by atomic mass is 10.2. The van der Waals surface area contributed by atoms with Crippen molar-refractivity contribution in [3.05, 3.63) is 42.5 Å². The number of ether oxygens (including phenoxy) is 3. The zero-order valence-corrected chi connectivity index (χ0v) is 15.5. The molecule has 0 saturated carbocycles. The van der Waals surface area contributed by atoms with E-state index in [9.17, 15) is 9.59 Å². The van der Waals surface area contributed by atoms with Crippen molar-refractivity contribution in [1.29, 1.82) is 0 Å². The third-order valence-corrected chi connectivity index (χ3v) is 4.29. The van der Waals surface area contributed by atoms with Crippen LogP contribution in [0.5, 0.6) is 17.2 Å². The summed E-state index contributed by atoms with van der Waals surface area (Å²) >= 11 is 0. The summed E-state index contributed by atoms with van der Waals surface area (Å²) < 4.78 is 16.1. The molecule has 7 nitrogen and oxygen atoms in total. The van der Waals surface area contributed by atoms with Gasteiger partial charge in [-0.3, -0.25) is 9.59 Å². The minimum Gasteiger partial charge on any atom is -0.497 e. The molecular weight excluding hydrogens is 348 g/mol. The lowest BCUT2D eigenvalue weighted by molar-refractivity contribution is -0.121. The van der Waals surface area contributed by atoms with Crippen LogP contribution in [0.2, 0.25) is 0 Å². The zero-order valence-electron chi connectivity index (χ0n) is 15.5. The highest BCUT2D eigenvalue weighted by Gasteiger charge is 2.41. The number of para-hydroxylation sites is 2. The molecule has 0 radical (unpaired) electrons. The molecule has 2 aromatic rings. The summed E-state index contributed by atoms with van der Waals surface area (Å²) in [6, 6.07) is 11.6. The van der Waals surface area contributed by atoms with Crippen LogP contribution in [0.1, 0.15) is 13.3 Å². The molecule has 2 aromatic carbocycles. The van der Waals surface area contributed by atoms with Crippen molar-refractivity contribution in [2.75, 3.05) is 31.0 Å². The minimum atomic E-state index is -0.675. The quantitative estimate of drug-likeness (QED) is 0.755. The van der Waals surface area contributed by atoms with E-state index in [1.165, 1.54) is 14.2 Å². The number of rotatable bonds is 7. The highest BCUT2D eigenvalue weighted by Crippen LogP contribution is 2.36. The second-order valence-electron chi connectivity index (χ2n) is 5.94. The third kappa shape index (κ3) is 3.67. The van der Waals surface area contributed by atoms with Crippen LogP contribution in [0.3, 0.4) is 0 Å². The van der Waals surface area contributed by atoms with Crippen molar-refractivity contribution < 1.29 is 23.8 Å². The average Bonchev–Trinajstić information content (AvgIpc) is 2.96. The monoisotopic (exact) mass is 370 g/mol. The fourth-order valence-electron chi connectivity index (χ4n) is 3.02. The maximum Gasteiger partial charge on any atom is 0.256 e. The smallest absolute Gasteiger partial charge is 0.256 e. The summed E-state index contributed by atoms with van der Waals surface area (Å²) in [5.41, 5.74) is 1.07. The van der Waals surface area contributed by atoms with Gasteiger partial charge in [-0.2, -0.15) is 0 Å². The standard InChI is InChI=1S/C20H22N2O5/c1-4-27-17-8-6-5-7-14(17)21-15-12-19(23)22(20(15)24)16-10-9-13(25-2)11-18(16)26-3/h5-11,15,21H,4,12H2,1-3H3.